The summed E-state index contributed by atoms with van der Waals surface area (Å²) >= 11 is 0. The summed E-state index contributed by atoms with van der Waals surface area (Å²) in [5.41, 5.74) is 1.54. The standard InChI is InChI=1S/C17H26N2O2/c20-17(21)16-7-5-15(6-8-16)9-11-18-10-4-14-19-12-2-1-3-13-19/h5-8,18H,1-4,9-14H2,(H,20,21). The molecular formula is C17H26N2O2. The van der Waals surface area contributed by atoms with Crippen molar-refractivity contribution >= 4 is 5.97 Å². The van der Waals surface area contributed by atoms with Gasteiger partial charge in [-0.3, -0.25) is 0 Å². The molecule has 0 amide bonds. The number of hydrogen-bond donors (Lipinski definition) is 2. The molecule has 1 fully saturated rings. The number of aromatic carboxylic acids is 1. The summed E-state index contributed by atoms with van der Waals surface area (Å²) in [7, 11) is 0. The lowest BCUT2D eigenvalue weighted by Crippen LogP contribution is -2.32. The molecule has 0 saturated carbocycles. The third kappa shape index (κ3) is 5.86. The van der Waals surface area contributed by atoms with Crippen LogP contribution in [0.5, 0.6) is 0 Å². The van der Waals surface area contributed by atoms with Gasteiger partial charge < -0.3 is 15.3 Å². The number of carbonyl (C=O) groups is 1. The average molecular weight is 290 g/mol. The van der Waals surface area contributed by atoms with Gasteiger partial charge in [-0.2, -0.15) is 0 Å². The van der Waals surface area contributed by atoms with Crippen LogP contribution in [0.1, 0.15) is 41.6 Å². The van der Waals surface area contributed by atoms with Crippen LogP contribution in [0.25, 0.3) is 0 Å². The molecule has 1 saturated heterocycles. The molecule has 1 aliphatic rings. The van der Waals surface area contributed by atoms with E-state index in [-0.39, 0.29) is 0 Å². The highest BCUT2D eigenvalue weighted by Gasteiger charge is 2.08. The summed E-state index contributed by atoms with van der Waals surface area (Å²) in [6.45, 7) is 5.77. The first kappa shape index (κ1) is 16.0. The van der Waals surface area contributed by atoms with Crippen LogP contribution in [0.3, 0.4) is 0 Å². The van der Waals surface area contributed by atoms with Gasteiger partial charge in [0.25, 0.3) is 0 Å². The topological polar surface area (TPSA) is 52.6 Å². The highest BCUT2D eigenvalue weighted by molar-refractivity contribution is 5.87. The van der Waals surface area contributed by atoms with Gasteiger partial charge in [0.15, 0.2) is 0 Å². The molecule has 2 N–H and O–H groups in total. The van der Waals surface area contributed by atoms with Crippen LogP contribution in [0.15, 0.2) is 24.3 Å². The molecule has 1 aromatic rings. The third-order valence-corrected chi connectivity index (χ3v) is 4.07. The Morgan fingerprint density at radius 3 is 2.48 bits per heavy atom. The molecule has 1 aromatic carbocycles. The van der Waals surface area contributed by atoms with Crippen LogP contribution in [0.2, 0.25) is 0 Å². The van der Waals surface area contributed by atoms with Gasteiger partial charge in [-0.15, -0.1) is 0 Å². The molecule has 21 heavy (non-hydrogen) atoms. The summed E-state index contributed by atoms with van der Waals surface area (Å²) in [4.78, 5) is 13.3. The van der Waals surface area contributed by atoms with Gasteiger partial charge in [0.2, 0.25) is 0 Å². The van der Waals surface area contributed by atoms with Crippen molar-refractivity contribution in [3.8, 4) is 0 Å². The normalized spacial score (nSPS) is 16.0. The lowest BCUT2D eigenvalue weighted by Gasteiger charge is -2.26. The zero-order valence-electron chi connectivity index (χ0n) is 12.7. The molecule has 0 unspecified atom stereocenters. The van der Waals surface area contributed by atoms with E-state index in [9.17, 15) is 4.79 Å². The quantitative estimate of drug-likeness (QED) is 0.722. The molecule has 1 aliphatic heterocycles. The first-order valence-electron chi connectivity index (χ1n) is 8.01. The predicted molar refractivity (Wildman–Crippen MR) is 84.9 cm³/mol. The molecule has 0 radical (unpaired) electrons. The van der Waals surface area contributed by atoms with Crippen LogP contribution in [-0.2, 0) is 6.42 Å². The van der Waals surface area contributed by atoms with Crippen LogP contribution in [0.4, 0.5) is 0 Å². The number of hydrogen-bond acceptors (Lipinski definition) is 3. The largest absolute Gasteiger partial charge is 0.478 e. The fourth-order valence-electron chi connectivity index (χ4n) is 2.78. The van der Waals surface area contributed by atoms with Crippen molar-refractivity contribution in [3.63, 3.8) is 0 Å². The first-order chi connectivity index (χ1) is 10.3. The summed E-state index contributed by atoms with van der Waals surface area (Å²) in [5.74, 6) is -0.864. The van der Waals surface area contributed by atoms with Crippen molar-refractivity contribution in [2.75, 3.05) is 32.7 Å². The van der Waals surface area contributed by atoms with Gasteiger partial charge in [0, 0.05) is 0 Å². The van der Waals surface area contributed by atoms with Crippen molar-refractivity contribution in [1.82, 2.24) is 10.2 Å². The van der Waals surface area contributed by atoms with Gasteiger partial charge in [0.05, 0.1) is 5.56 Å². The molecule has 0 atom stereocenters. The highest BCUT2D eigenvalue weighted by Crippen LogP contribution is 2.08. The molecule has 4 nitrogen and oxygen atoms in total. The van der Waals surface area contributed by atoms with Crippen molar-refractivity contribution in [1.29, 1.82) is 0 Å². The number of likely N-dealkylation sites (tertiary alicyclic amines) is 1. The van der Waals surface area contributed by atoms with Gasteiger partial charge >= 0.3 is 5.97 Å². The Morgan fingerprint density at radius 1 is 1.10 bits per heavy atom. The smallest absolute Gasteiger partial charge is 0.335 e. The second-order valence-corrected chi connectivity index (χ2v) is 5.76. The number of carboxylic acids is 1. The van der Waals surface area contributed by atoms with Crippen molar-refractivity contribution in [3.05, 3.63) is 35.4 Å². The molecule has 2 rings (SSSR count). The maximum Gasteiger partial charge on any atom is 0.335 e. The lowest BCUT2D eigenvalue weighted by molar-refractivity contribution is 0.0697. The van der Waals surface area contributed by atoms with E-state index < -0.39 is 5.97 Å². The second kappa shape index (κ2) is 8.80. The fraction of sp³-hybridized carbons (Fsp3) is 0.588. The van der Waals surface area contributed by atoms with E-state index >= 15 is 0 Å². The molecule has 0 aromatic heterocycles. The summed E-state index contributed by atoms with van der Waals surface area (Å²) in [6.07, 6.45) is 6.27. The van der Waals surface area contributed by atoms with Crippen LogP contribution in [-0.4, -0.2) is 48.7 Å². The van der Waals surface area contributed by atoms with Crippen molar-refractivity contribution in [2.45, 2.75) is 32.1 Å². The maximum absolute atomic E-state index is 10.8. The minimum atomic E-state index is -0.864. The predicted octanol–water partition coefficient (Wildman–Crippen LogP) is 2.39. The Bertz CT molecular complexity index is 425. The van der Waals surface area contributed by atoms with E-state index in [1.165, 1.54) is 50.9 Å². The first-order valence-corrected chi connectivity index (χ1v) is 8.01. The minimum Gasteiger partial charge on any atom is -0.478 e. The number of benzene rings is 1. The van der Waals surface area contributed by atoms with E-state index in [1.54, 1.807) is 12.1 Å². The highest BCUT2D eigenvalue weighted by atomic mass is 16.4. The summed E-state index contributed by atoms with van der Waals surface area (Å²) in [6, 6.07) is 7.15. The van der Waals surface area contributed by atoms with E-state index in [4.69, 9.17) is 5.11 Å². The van der Waals surface area contributed by atoms with Crippen molar-refractivity contribution < 1.29 is 9.90 Å². The van der Waals surface area contributed by atoms with E-state index in [2.05, 4.69) is 10.2 Å². The van der Waals surface area contributed by atoms with Crippen LogP contribution >= 0.6 is 0 Å². The van der Waals surface area contributed by atoms with E-state index in [1.807, 2.05) is 12.1 Å². The average Bonchev–Trinajstić information content (AvgIpc) is 2.52. The molecule has 0 spiro atoms. The van der Waals surface area contributed by atoms with Gasteiger partial charge in [-0.05, 0) is 76.1 Å². The number of rotatable bonds is 8. The second-order valence-electron chi connectivity index (χ2n) is 5.76. The van der Waals surface area contributed by atoms with Crippen LogP contribution < -0.4 is 5.32 Å². The Balaban J connectivity index is 1.54. The molecule has 0 bridgehead atoms. The maximum atomic E-state index is 10.8. The van der Waals surface area contributed by atoms with Crippen molar-refractivity contribution in [2.24, 2.45) is 0 Å². The zero-order chi connectivity index (χ0) is 14.9. The molecular weight excluding hydrogens is 264 g/mol. The number of nitrogens with zero attached hydrogens (tertiary/aromatic N) is 1. The lowest BCUT2D eigenvalue weighted by atomic mass is 10.1. The molecule has 4 heteroatoms. The van der Waals surface area contributed by atoms with Crippen LogP contribution in [0, 0.1) is 0 Å². The molecule has 0 aliphatic carbocycles. The molecule has 1 heterocycles. The Morgan fingerprint density at radius 2 is 1.81 bits per heavy atom. The van der Waals surface area contributed by atoms with Gasteiger partial charge in [0.1, 0.15) is 0 Å². The summed E-state index contributed by atoms with van der Waals surface area (Å²) in [5, 5.41) is 12.3. The Labute approximate surface area is 127 Å². The Kier molecular flexibility index (Phi) is 6.70. The number of piperidine rings is 1. The van der Waals surface area contributed by atoms with E-state index in [0.29, 0.717) is 5.56 Å². The van der Waals surface area contributed by atoms with Gasteiger partial charge in [-0.1, -0.05) is 18.6 Å². The number of carboxylic acid groups (broad SMARTS) is 1. The molecule has 116 valence electrons. The minimum absolute atomic E-state index is 0.355. The monoisotopic (exact) mass is 290 g/mol. The fourth-order valence-corrected chi connectivity index (χ4v) is 2.78. The Hall–Kier alpha value is -1.39. The van der Waals surface area contributed by atoms with Gasteiger partial charge in [-0.25, -0.2) is 4.79 Å². The number of nitrogens with one attached hydrogen (secondary N) is 1. The van der Waals surface area contributed by atoms with E-state index in [0.717, 1.165) is 19.5 Å². The zero-order valence-corrected chi connectivity index (χ0v) is 12.7. The SMILES string of the molecule is O=C(O)c1ccc(CCNCCCN2CCCCC2)cc1. The third-order valence-electron chi connectivity index (χ3n) is 4.07. The summed E-state index contributed by atoms with van der Waals surface area (Å²) < 4.78 is 0.